The van der Waals surface area contributed by atoms with Gasteiger partial charge < -0.3 is 9.64 Å². The maximum absolute atomic E-state index is 10.8. The molecule has 0 radical (unpaired) electrons. The zero-order chi connectivity index (χ0) is 13.8. The second-order valence-corrected chi connectivity index (χ2v) is 4.40. The van der Waals surface area contributed by atoms with Gasteiger partial charge in [-0.05, 0) is 18.6 Å². The van der Waals surface area contributed by atoms with E-state index in [1.807, 2.05) is 6.07 Å². The first kappa shape index (κ1) is 13.3. The summed E-state index contributed by atoms with van der Waals surface area (Å²) in [5.74, 6) is 0. The Hall–Kier alpha value is -2.13. The van der Waals surface area contributed by atoms with Crippen LogP contribution in [0.2, 0.25) is 0 Å². The molecule has 2 rings (SSSR count). The first-order valence-electron chi connectivity index (χ1n) is 6.20. The van der Waals surface area contributed by atoms with E-state index < -0.39 is 4.92 Å². The van der Waals surface area contributed by atoms with Crippen LogP contribution in [0.4, 0.5) is 11.4 Å². The van der Waals surface area contributed by atoms with E-state index >= 15 is 0 Å². The molecule has 19 heavy (non-hydrogen) atoms. The summed E-state index contributed by atoms with van der Waals surface area (Å²) in [6.07, 6.45) is 0.929. The third-order valence-corrected chi connectivity index (χ3v) is 3.33. The van der Waals surface area contributed by atoms with E-state index in [4.69, 9.17) is 10.00 Å². The average Bonchev–Trinajstić information content (AvgIpc) is 2.46. The molecule has 1 fully saturated rings. The Bertz CT molecular complexity index is 524. The average molecular weight is 261 g/mol. The van der Waals surface area contributed by atoms with Gasteiger partial charge in [0.15, 0.2) is 0 Å². The molecule has 1 heterocycles. The summed E-state index contributed by atoms with van der Waals surface area (Å²) in [5.41, 5.74) is 0.800. The Balaban J connectivity index is 2.35. The third kappa shape index (κ3) is 2.66. The van der Waals surface area contributed by atoms with Gasteiger partial charge in [0, 0.05) is 18.3 Å². The Morgan fingerprint density at radius 2 is 2.42 bits per heavy atom. The number of morpholine rings is 1. The van der Waals surface area contributed by atoms with Gasteiger partial charge >= 0.3 is 0 Å². The van der Waals surface area contributed by atoms with Crippen molar-refractivity contribution >= 4 is 11.4 Å². The van der Waals surface area contributed by atoms with Gasteiger partial charge in [0.05, 0.1) is 24.2 Å². The van der Waals surface area contributed by atoms with Crippen molar-refractivity contribution in [3.8, 4) is 6.07 Å². The molecule has 6 heteroatoms. The van der Waals surface area contributed by atoms with Crippen molar-refractivity contribution in [1.82, 2.24) is 0 Å². The largest absolute Gasteiger partial charge is 0.377 e. The zero-order valence-electron chi connectivity index (χ0n) is 10.7. The monoisotopic (exact) mass is 261 g/mol. The Morgan fingerprint density at radius 3 is 3.05 bits per heavy atom. The van der Waals surface area contributed by atoms with Crippen molar-refractivity contribution in [1.29, 1.82) is 5.26 Å². The van der Waals surface area contributed by atoms with E-state index in [0.717, 1.165) is 18.7 Å². The fourth-order valence-electron chi connectivity index (χ4n) is 2.28. The molecule has 1 saturated heterocycles. The van der Waals surface area contributed by atoms with Crippen molar-refractivity contribution in [2.75, 3.05) is 24.7 Å². The van der Waals surface area contributed by atoms with Gasteiger partial charge in [-0.1, -0.05) is 6.92 Å². The van der Waals surface area contributed by atoms with E-state index in [1.54, 1.807) is 12.1 Å². The number of nitro groups is 1. The minimum absolute atomic E-state index is 0.101. The zero-order valence-corrected chi connectivity index (χ0v) is 10.7. The highest BCUT2D eigenvalue weighted by atomic mass is 16.6. The fourth-order valence-corrected chi connectivity index (χ4v) is 2.28. The molecule has 1 atom stereocenters. The lowest BCUT2D eigenvalue weighted by Gasteiger charge is -2.37. The lowest BCUT2D eigenvalue weighted by Crippen LogP contribution is -2.45. The van der Waals surface area contributed by atoms with Crippen LogP contribution >= 0.6 is 0 Å². The minimum Gasteiger partial charge on any atom is -0.377 e. The lowest BCUT2D eigenvalue weighted by molar-refractivity contribution is -0.385. The normalized spacial score (nSPS) is 18.9. The summed E-state index contributed by atoms with van der Waals surface area (Å²) in [7, 11) is 0. The Morgan fingerprint density at radius 1 is 1.63 bits per heavy atom. The highest BCUT2D eigenvalue weighted by Crippen LogP contribution is 2.27. The maximum atomic E-state index is 10.8. The van der Waals surface area contributed by atoms with Crippen molar-refractivity contribution in [2.24, 2.45) is 0 Å². The molecule has 0 spiro atoms. The van der Waals surface area contributed by atoms with E-state index in [2.05, 4.69) is 11.8 Å². The van der Waals surface area contributed by atoms with Crippen molar-refractivity contribution < 1.29 is 9.66 Å². The van der Waals surface area contributed by atoms with Crippen LogP contribution in [-0.4, -0.2) is 30.7 Å². The predicted molar refractivity (Wildman–Crippen MR) is 70.1 cm³/mol. The molecule has 0 N–H and O–H groups in total. The van der Waals surface area contributed by atoms with E-state index in [9.17, 15) is 10.1 Å². The molecular weight excluding hydrogens is 246 g/mol. The van der Waals surface area contributed by atoms with Crippen LogP contribution in [0.5, 0.6) is 0 Å². The number of nitrogens with zero attached hydrogens (tertiary/aromatic N) is 3. The van der Waals surface area contributed by atoms with Gasteiger partial charge in [0.25, 0.3) is 5.69 Å². The number of benzene rings is 1. The maximum Gasteiger partial charge on any atom is 0.287 e. The van der Waals surface area contributed by atoms with Crippen LogP contribution in [0.3, 0.4) is 0 Å². The summed E-state index contributed by atoms with van der Waals surface area (Å²) in [5, 5.41) is 19.8. The van der Waals surface area contributed by atoms with Crippen LogP contribution in [-0.2, 0) is 4.74 Å². The molecule has 1 aromatic rings. The summed E-state index contributed by atoms with van der Waals surface area (Å²) < 4.78 is 5.43. The van der Waals surface area contributed by atoms with Crippen LogP contribution in [0, 0.1) is 21.4 Å². The first-order chi connectivity index (χ1) is 9.17. The lowest BCUT2D eigenvalue weighted by atomic mass is 10.1. The first-order valence-corrected chi connectivity index (χ1v) is 6.20. The molecule has 0 bridgehead atoms. The number of nitriles is 1. The van der Waals surface area contributed by atoms with Crippen molar-refractivity contribution in [3.63, 3.8) is 0 Å². The van der Waals surface area contributed by atoms with E-state index in [-0.39, 0.29) is 17.3 Å². The van der Waals surface area contributed by atoms with Crippen molar-refractivity contribution in [3.05, 3.63) is 33.9 Å². The molecule has 0 saturated carbocycles. The molecular formula is C13H15N3O3. The standard InChI is InChI=1S/C13H15N3O3/c1-2-11-9-19-6-5-15(11)12-3-4-13(16(17)18)10(7-12)8-14/h3-4,7,11H,2,5-6,9H2,1H3. The number of ether oxygens (including phenoxy) is 1. The molecule has 1 unspecified atom stereocenters. The van der Waals surface area contributed by atoms with Crippen LogP contribution in [0.1, 0.15) is 18.9 Å². The van der Waals surface area contributed by atoms with Gasteiger partial charge in [-0.15, -0.1) is 0 Å². The predicted octanol–water partition coefficient (Wildman–Crippen LogP) is 2.08. The Labute approximate surface area is 111 Å². The van der Waals surface area contributed by atoms with Gasteiger partial charge in [0.1, 0.15) is 11.6 Å². The molecule has 1 aliphatic rings. The number of hydrogen-bond acceptors (Lipinski definition) is 5. The molecule has 1 aromatic carbocycles. The summed E-state index contributed by atoms with van der Waals surface area (Å²) in [6.45, 7) is 4.09. The van der Waals surface area contributed by atoms with Crippen LogP contribution < -0.4 is 4.90 Å². The summed E-state index contributed by atoms with van der Waals surface area (Å²) >= 11 is 0. The number of hydrogen-bond donors (Lipinski definition) is 0. The molecule has 1 aliphatic heterocycles. The second-order valence-electron chi connectivity index (χ2n) is 4.40. The van der Waals surface area contributed by atoms with Gasteiger partial charge in [-0.3, -0.25) is 10.1 Å². The van der Waals surface area contributed by atoms with Gasteiger partial charge in [-0.25, -0.2) is 0 Å². The summed E-state index contributed by atoms with van der Waals surface area (Å²) in [6, 6.07) is 6.83. The molecule has 0 aromatic heterocycles. The van der Waals surface area contributed by atoms with E-state index in [1.165, 1.54) is 6.07 Å². The molecule has 0 amide bonds. The molecule has 0 aliphatic carbocycles. The highest BCUT2D eigenvalue weighted by molar-refractivity contribution is 5.60. The fraction of sp³-hybridized carbons (Fsp3) is 0.462. The third-order valence-electron chi connectivity index (χ3n) is 3.33. The number of anilines is 1. The minimum atomic E-state index is -0.529. The van der Waals surface area contributed by atoms with Crippen LogP contribution in [0.25, 0.3) is 0 Å². The molecule has 6 nitrogen and oxygen atoms in total. The van der Waals surface area contributed by atoms with Gasteiger partial charge in [-0.2, -0.15) is 5.26 Å². The van der Waals surface area contributed by atoms with Gasteiger partial charge in [0.2, 0.25) is 0 Å². The second kappa shape index (κ2) is 5.67. The number of nitro benzene ring substituents is 1. The number of rotatable bonds is 3. The quantitative estimate of drug-likeness (QED) is 0.614. The SMILES string of the molecule is CCC1COCCN1c1ccc([N+](=O)[O-])c(C#N)c1. The van der Waals surface area contributed by atoms with Crippen molar-refractivity contribution in [2.45, 2.75) is 19.4 Å². The summed E-state index contributed by atoms with van der Waals surface area (Å²) in [4.78, 5) is 12.4. The Kier molecular flexibility index (Phi) is 3.97. The smallest absolute Gasteiger partial charge is 0.287 e. The van der Waals surface area contributed by atoms with Crippen LogP contribution in [0.15, 0.2) is 18.2 Å². The topological polar surface area (TPSA) is 79.4 Å². The molecule has 100 valence electrons. The highest BCUT2D eigenvalue weighted by Gasteiger charge is 2.23. The van der Waals surface area contributed by atoms with E-state index in [0.29, 0.717) is 13.2 Å².